The molecule has 14 heteroatoms. The molecule has 0 radical (unpaired) electrons. The van der Waals surface area contributed by atoms with Gasteiger partial charge in [-0.25, -0.2) is 26.0 Å². The summed E-state index contributed by atoms with van der Waals surface area (Å²) in [5, 5.41) is 2.94. The number of amides is 1. The molecule has 1 aliphatic heterocycles. The van der Waals surface area contributed by atoms with Gasteiger partial charge in [0.2, 0.25) is 20.0 Å². The largest absolute Gasteiger partial charge is 0.457 e. The number of carbonyl (C=O) groups excluding carboxylic acids is 1. The van der Waals surface area contributed by atoms with Gasteiger partial charge in [-0.1, -0.05) is 0 Å². The van der Waals surface area contributed by atoms with Crippen molar-refractivity contribution in [1.29, 1.82) is 0 Å². The monoisotopic (exact) mass is 657 g/mol. The molecule has 2 heterocycles. The Labute approximate surface area is 260 Å². The first-order chi connectivity index (χ1) is 21.3. The molecule has 1 unspecified atom stereocenters. The van der Waals surface area contributed by atoms with Crippen LogP contribution in [0.1, 0.15) is 30.7 Å². The van der Waals surface area contributed by atoms with E-state index in [1.165, 1.54) is 39.9 Å². The maximum absolute atomic E-state index is 13.3. The normalized spacial score (nSPS) is 17.4. The molecular formula is C31H32FN3O8S2. The lowest BCUT2D eigenvalue weighted by Crippen LogP contribution is -2.42. The summed E-state index contributed by atoms with van der Waals surface area (Å²) in [6.45, 7) is 0.251. The van der Waals surface area contributed by atoms with Crippen LogP contribution in [0.5, 0.6) is 17.2 Å². The standard InChI is InChI=1S/C31H32FN3O8S2/c1-33-31(36)43-30-26-16-25(19-4-5-19)27(35(45(3,39)40)22-14-15-34(18-22)44(2,37)38)17-28(26)42-29(30)20-6-10-23(11-7-20)41-24-12-8-21(32)9-13-24/h6-13,16-17,19,22H,4-5,14-15,18H2,1-3H3,(H,33,36). The Morgan fingerprint density at radius 3 is 2.18 bits per heavy atom. The second-order valence-electron chi connectivity index (χ2n) is 11.3. The molecule has 1 aromatic heterocycles. The molecule has 2 aliphatic rings. The van der Waals surface area contributed by atoms with Crippen LogP contribution in [0.3, 0.4) is 0 Å². The van der Waals surface area contributed by atoms with E-state index in [1.54, 1.807) is 36.4 Å². The lowest BCUT2D eigenvalue weighted by molar-refractivity contribution is 0.203. The van der Waals surface area contributed by atoms with Gasteiger partial charge in [0.1, 0.15) is 22.9 Å². The van der Waals surface area contributed by atoms with Gasteiger partial charge in [0.05, 0.1) is 29.6 Å². The number of anilines is 1. The second kappa shape index (κ2) is 11.7. The summed E-state index contributed by atoms with van der Waals surface area (Å²) in [6.07, 6.45) is 3.55. The van der Waals surface area contributed by atoms with E-state index in [2.05, 4.69) is 5.32 Å². The van der Waals surface area contributed by atoms with Gasteiger partial charge in [-0.15, -0.1) is 0 Å². The average molecular weight is 658 g/mol. The van der Waals surface area contributed by atoms with Crippen LogP contribution < -0.4 is 19.1 Å². The first-order valence-electron chi connectivity index (χ1n) is 14.3. The minimum absolute atomic E-state index is 0.0365. The zero-order valence-electron chi connectivity index (χ0n) is 24.8. The van der Waals surface area contributed by atoms with E-state index in [0.29, 0.717) is 40.1 Å². The number of halogens is 1. The highest BCUT2D eigenvalue weighted by molar-refractivity contribution is 7.92. The topological polar surface area (TPSA) is 135 Å². The van der Waals surface area contributed by atoms with Gasteiger partial charge < -0.3 is 19.2 Å². The van der Waals surface area contributed by atoms with Gasteiger partial charge in [-0.2, -0.15) is 4.31 Å². The molecule has 2 fully saturated rings. The van der Waals surface area contributed by atoms with Crippen molar-refractivity contribution in [3.63, 3.8) is 0 Å². The molecule has 3 aromatic carbocycles. The number of rotatable bonds is 9. The molecule has 238 valence electrons. The lowest BCUT2D eigenvalue weighted by atomic mass is 10.0. The molecule has 1 amide bonds. The number of ether oxygens (including phenoxy) is 2. The third-order valence-corrected chi connectivity index (χ3v) is 10.4. The summed E-state index contributed by atoms with van der Waals surface area (Å²) in [7, 11) is -5.90. The molecule has 1 saturated heterocycles. The van der Waals surface area contributed by atoms with E-state index in [0.717, 1.165) is 30.9 Å². The van der Waals surface area contributed by atoms with Crippen molar-refractivity contribution in [2.75, 3.05) is 37.0 Å². The Balaban J connectivity index is 1.44. The Kier molecular flexibility index (Phi) is 8.00. The molecule has 1 saturated carbocycles. The molecule has 1 atom stereocenters. The van der Waals surface area contributed by atoms with Crippen molar-refractivity contribution < 1.29 is 39.9 Å². The van der Waals surface area contributed by atoms with Crippen molar-refractivity contribution in [1.82, 2.24) is 9.62 Å². The van der Waals surface area contributed by atoms with Crippen molar-refractivity contribution in [3.8, 4) is 28.6 Å². The molecule has 0 spiro atoms. The highest BCUT2D eigenvalue weighted by atomic mass is 32.2. The van der Waals surface area contributed by atoms with E-state index >= 15 is 0 Å². The van der Waals surface area contributed by atoms with Gasteiger partial charge >= 0.3 is 6.09 Å². The number of nitrogens with zero attached hydrogens (tertiary/aromatic N) is 2. The Bertz CT molecular complexity index is 1970. The van der Waals surface area contributed by atoms with Crippen LogP contribution in [-0.2, 0) is 20.0 Å². The molecule has 11 nitrogen and oxygen atoms in total. The Morgan fingerprint density at radius 2 is 1.62 bits per heavy atom. The highest BCUT2D eigenvalue weighted by Gasteiger charge is 2.40. The van der Waals surface area contributed by atoms with Gasteiger partial charge in [-0.05, 0) is 85.3 Å². The summed E-state index contributed by atoms with van der Waals surface area (Å²) >= 11 is 0. The fourth-order valence-corrected chi connectivity index (χ4v) is 7.75. The number of benzene rings is 3. The number of fused-ring (bicyclic) bond motifs is 1. The fraction of sp³-hybridized carbons (Fsp3) is 0.323. The van der Waals surface area contributed by atoms with Crippen molar-refractivity contribution in [2.45, 2.75) is 31.2 Å². The molecule has 4 aromatic rings. The number of nitrogens with one attached hydrogen (secondary N) is 1. The summed E-state index contributed by atoms with van der Waals surface area (Å²) in [6, 6.07) is 15.3. The van der Waals surface area contributed by atoms with Gasteiger partial charge in [-0.3, -0.25) is 4.31 Å². The van der Waals surface area contributed by atoms with Crippen LogP contribution in [0.25, 0.3) is 22.3 Å². The lowest BCUT2D eigenvalue weighted by Gasteiger charge is -2.30. The predicted molar refractivity (Wildman–Crippen MR) is 167 cm³/mol. The zero-order chi connectivity index (χ0) is 32.1. The van der Waals surface area contributed by atoms with Crippen LogP contribution in [-0.4, -0.2) is 65.9 Å². The summed E-state index contributed by atoms with van der Waals surface area (Å²) in [5.74, 6) is 1.05. The van der Waals surface area contributed by atoms with Crippen LogP contribution >= 0.6 is 0 Å². The van der Waals surface area contributed by atoms with Crippen LogP contribution in [0.15, 0.2) is 65.1 Å². The van der Waals surface area contributed by atoms with E-state index < -0.39 is 32.2 Å². The van der Waals surface area contributed by atoms with Gasteiger partial charge in [0.15, 0.2) is 11.5 Å². The van der Waals surface area contributed by atoms with E-state index in [4.69, 9.17) is 13.9 Å². The third-order valence-electron chi connectivity index (χ3n) is 7.90. The summed E-state index contributed by atoms with van der Waals surface area (Å²) in [4.78, 5) is 12.4. The Hall–Kier alpha value is -4.14. The molecule has 0 bridgehead atoms. The molecular weight excluding hydrogens is 625 g/mol. The smallest absolute Gasteiger partial charge is 0.412 e. The fourth-order valence-electron chi connectivity index (χ4n) is 5.64. The number of sulfonamides is 2. The van der Waals surface area contributed by atoms with Crippen molar-refractivity contribution in [3.05, 3.63) is 72.0 Å². The molecule has 6 rings (SSSR count). The van der Waals surface area contributed by atoms with Crippen LogP contribution in [0, 0.1) is 5.82 Å². The van der Waals surface area contributed by atoms with Gasteiger partial charge in [0, 0.05) is 31.8 Å². The molecule has 1 N–H and O–H groups in total. The minimum Gasteiger partial charge on any atom is -0.457 e. The van der Waals surface area contributed by atoms with Crippen LogP contribution in [0.2, 0.25) is 0 Å². The highest BCUT2D eigenvalue weighted by Crippen LogP contribution is 2.50. The molecule has 1 aliphatic carbocycles. The maximum atomic E-state index is 13.3. The first kappa shape index (κ1) is 30.9. The number of furan rings is 1. The summed E-state index contributed by atoms with van der Waals surface area (Å²) in [5.41, 5.74) is 2.03. The third kappa shape index (κ3) is 6.49. The average Bonchev–Trinajstić information content (AvgIpc) is 3.61. The van der Waals surface area contributed by atoms with Gasteiger partial charge in [0.25, 0.3) is 0 Å². The van der Waals surface area contributed by atoms with Crippen LogP contribution in [0.4, 0.5) is 14.9 Å². The van der Waals surface area contributed by atoms with E-state index in [1.807, 2.05) is 0 Å². The number of hydrogen-bond donors (Lipinski definition) is 1. The number of hydrogen-bond acceptors (Lipinski definition) is 8. The quantitative estimate of drug-likeness (QED) is 0.252. The first-order valence-corrected chi connectivity index (χ1v) is 18.0. The predicted octanol–water partition coefficient (Wildman–Crippen LogP) is 5.43. The Morgan fingerprint density at radius 1 is 0.978 bits per heavy atom. The molecule has 45 heavy (non-hydrogen) atoms. The minimum atomic E-state index is -3.84. The number of carbonyl (C=O) groups is 1. The van der Waals surface area contributed by atoms with E-state index in [9.17, 15) is 26.0 Å². The SMILES string of the molecule is CNC(=O)Oc1c(-c2ccc(Oc3ccc(F)cc3)cc2)oc2cc(N(C3CCN(S(C)(=O)=O)C3)S(C)(=O)=O)c(C3CC3)cc12. The summed E-state index contributed by atoms with van der Waals surface area (Å²) < 4.78 is 84.7. The van der Waals surface area contributed by atoms with Crippen molar-refractivity contribution >= 4 is 42.8 Å². The van der Waals surface area contributed by atoms with Crippen molar-refractivity contribution in [2.24, 2.45) is 0 Å². The van der Waals surface area contributed by atoms with E-state index in [-0.39, 0.29) is 36.3 Å². The zero-order valence-corrected chi connectivity index (χ0v) is 26.5. The maximum Gasteiger partial charge on any atom is 0.412 e. The second-order valence-corrected chi connectivity index (χ2v) is 15.1.